The van der Waals surface area contributed by atoms with Crippen molar-refractivity contribution in [1.29, 1.82) is 0 Å². The molecule has 2 heteroatoms. The Balaban J connectivity index is 2.61. The first kappa shape index (κ1) is 10.5. The van der Waals surface area contributed by atoms with Crippen molar-refractivity contribution in [3.05, 3.63) is 24.3 Å². The summed E-state index contributed by atoms with van der Waals surface area (Å²) in [5.41, 5.74) is 0.196. The van der Waals surface area contributed by atoms with Gasteiger partial charge in [0, 0.05) is 13.1 Å². The van der Waals surface area contributed by atoms with Gasteiger partial charge in [0.15, 0.2) is 0 Å². The molecule has 2 nitrogen and oxygen atoms in total. The van der Waals surface area contributed by atoms with Crippen LogP contribution in [0.15, 0.2) is 24.3 Å². The summed E-state index contributed by atoms with van der Waals surface area (Å²) >= 11 is 0. The maximum Gasteiger partial charge on any atom is 0.0915 e. The summed E-state index contributed by atoms with van der Waals surface area (Å²) in [6.45, 7) is 7.76. The van der Waals surface area contributed by atoms with Crippen molar-refractivity contribution in [1.82, 2.24) is 4.90 Å². The Hall–Kier alpha value is -0.600. The molecule has 0 radical (unpaired) electrons. The van der Waals surface area contributed by atoms with Crippen LogP contribution in [0.2, 0.25) is 0 Å². The highest BCUT2D eigenvalue weighted by atomic mass is 16.3. The van der Waals surface area contributed by atoms with E-state index in [2.05, 4.69) is 18.5 Å². The highest BCUT2D eigenvalue weighted by molar-refractivity contribution is 5.26. The molecule has 0 aromatic carbocycles. The molecular weight excluding hydrogens is 162 g/mol. The van der Waals surface area contributed by atoms with E-state index in [1.165, 1.54) is 0 Å². The molecule has 0 amide bonds. The second-order valence-corrected chi connectivity index (χ2v) is 3.86. The maximum atomic E-state index is 10.2. The van der Waals surface area contributed by atoms with Gasteiger partial charge in [0.1, 0.15) is 0 Å². The number of allylic oxidation sites excluding steroid dienone is 1. The molecule has 0 atom stereocenters. The van der Waals surface area contributed by atoms with Crippen molar-refractivity contribution in [2.24, 2.45) is 0 Å². The Kier molecular flexibility index (Phi) is 3.28. The molecule has 1 saturated heterocycles. The lowest BCUT2D eigenvalue weighted by Gasteiger charge is -2.37. The van der Waals surface area contributed by atoms with Gasteiger partial charge in [-0.25, -0.2) is 0 Å². The third-order valence-corrected chi connectivity index (χ3v) is 2.78. The molecule has 0 aliphatic carbocycles. The van der Waals surface area contributed by atoms with Gasteiger partial charge >= 0.3 is 0 Å². The van der Waals surface area contributed by atoms with Gasteiger partial charge < -0.3 is 10.0 Å². The molecule has 1 rings (SSSR count). The molecule has 0 aromatic rings. The van der Waals surface area contributed by atoms with Gasteiger partial charge in [0.2, 0.25) is 0 Å². The molecule has 74 valence electrons. The SMILES string of the molecule is C=C(/C=C\C)C1(O)CCN(C)CC1. The third-order valence-electron chi connectivity index (χ3n) is 2.78. The molecule has 0 unspecified atom stereocenters. The largest absolute Gasteiger partial charge is 0.385 e. The second kappa shape index (κ2) is 4.07. The van der Waals surface area contributed by atoms with Crippen molar-refractivity contribution in [2.75, 3.05) is 20.1 Å². The zero-order valence-corrected chi connectivity index (χ0v) is 8.58. The summed E-state index contributed by atoms with van der Waals surface area (Å²) < 4.78 is 0. The average Bonchev–Trinajstić information content (AvgIpc) is 2.11. The number of aliphatic hydroxyl groups is 1. The Bertz CT molecular complexity index is 212. The lowest BCUT2D eigenvalue weighted by atomic mass is 9.85. The van der Waals surface area contributed by atoms with Gasteiger partial charge in [0.05, 0.1) is 5.60 Å². The van der Waals surface area contributed by atoms with Crippen molar-refractivity contribution in [3.8, 4) is 0 Å². The van der Waals surface area contributed by atoms with Crippen LogP contribution >= 0.6 is 0 Å². The standard InChI is InChI=1S/C11H19NO/c1-4-5-10(2)11(13)6-8-12(3)9-7-11/h4-5,13H,2,6-9H2,1,3H3/b5-4-. The van der Waals surface area contributed by atoms with Gasteiger partial charge in [-0.05, 0) is 32.4 Å². The Morgan fingerprint density at radius 2 is 2.00 bits per heavy atom. The first-order valence-corrected chi connectivity index (χ1v) is 4.81. The normalized spacial score (nSPS) is 23.6. The van der Waals surface area contributed by atoms with E-state index in [-0.39, 0.29) is 0 Å². The summed E-state index contributed by atoms with van der Waals surface area (Å²) in [7, 11) is 2.08. The highest BCUT2D eigenvalue weighted by Crippen LogP contribution is 2.28. The fourth-order valence-electron chi connectivity index (χ4n) is 1.67. The summed E-state index contributed by atoms with van der Waals surface area (Å²) in [4.78, 5) is 2.23. The minimum absolute atomic E-state index is 0.654. The van der Waals surface area contributed by atoms with Crippen LogP contribution in [0.25, 0.3) is 0 Å². The van der Waals surface area contributed by atoms with Gasteiger partial charge in [-0.2, -0.15) is 0 Å². The monoisotopic (exact) mass is 181 g/mol. The lowest BCUT2D eigenvalue weighted by Crippen LogP contribution is -2.43. The van der Waals surface area contributed by atoms with E-state index >= 15 is 0 Å². The van der Waals surface area contributed by atoms with Gasteiger partial charge in [-0.3, -0.25) is 0 Å². The van der Waals surface area contributed by atoms with Gasteiger partial charge in [-0.15, -0.1) is 0 Å². The fourth-order valence-corrected chi connectivity index (χ4v) is 1.67. The van der Waals surface area contributed by atoms with Crippen LogP contribution < -0.4 is 0 Å². The highest BCUT2D eigenvalue weighted by Gasteiger charge is 2.32. The van der Waals surface area contributed by atoms with Crippen molar-refractivity contribution in [2.45, 2.75) is 25.4 Å². The van der Waals surface area contributed by atoms with Crippen LogP contribution in [0.1, 0.15) is 19.8 Å². The first-order valence-electron chi connectivity index (χ1n) is 4.81. The van der Waals surface area contributed by atoms with Crippen LogP contribution in [0.5, 0.6) is 0 Å². The van der Waals surface area contributed by atoms with Crippen molar-refractivity contribution in [3.63, 3.8) is 0 Å². The molecule has 1 aliphatic rings. The summed E-state index contributed by atoms with van der Waals surface area (Å²) in [5, 5.41) is 10.2. The van der Waals surface area contributed by atoms with Crippen LogP contribution in [0, 0.1) is 0 Å². The lowest BCUT2D eigenvalue weighted by molar-refractivity contribution is 0.0196. The number of hydrogen-bond acceptors (Lipinski definition) is 2. The third kappa shape index (κ3) is 2.42. The van der Waals surface area contributed by atoms with E-state index in [0.29, 0.717) is 0 Å². The summed E-state index contributed by atoms with van der Waals surface area (Å²) in [5.74, 6) is 0. The minimum Gasteiger partial charge on any atom is -0.385 e. The van der Waals surface area contributed by atoms with E-state index in [4.69, 9.17) is 0 Å². The van der Waals surface area contributed by atoms with E-state index < -0.39 is 5.60 Å². The summed E-state index contributed by atoms with van der Waals surface area (Å²) in [6.07, 6.45) is 5.43. The quantitative estimate of drug-likeness (QED) is 0.654. The maximum absolute atomic E-state index is 10.2. The number of rotatable bonds is 2. The number of piperidine rings is 1. The minimum atomic E-state index is -0.654. The van der Waals surface area contributed by atoms with Crippen LogP contribution in [0.4, 0.5) is 0 Å². The average molecular weight is 181 g/mol. The van der Waals surface area contributed by atoms with Crippen LogP contribution in [-0.4, -0.2) is 35.7 Å². The number of nitrogens with zero attached hydrogens (tertiary/aromatic N) is 1. The van der Waals surface area contributed by atoms with E-state index in [9.17, 15) is 5.11 Å². The van der Waals surface area contributed by atoms with Crippen LogP contribution in [0.3, 0.4) is 0 Å². The Morgan fingerprint density at radius 1 is 1.46 bits per heavy atom. The van der Waals surface area contributed by atoms with E-state index in [1.807, 2.05) is 19.1 Å². The summed E-state index contributed by atoms with van der Waals surface area (Å²) in [6, 6.07) is 0. The Morgan fingerprint density at radius 3 is 2.46 bits per heavy atom. The number of hydrogen-bond donors (Lipinski definition) is 1. The van der Waals surface area contributed by atoms with Crippen molar-refractivity contribution < 1.29 is 5.11 Å². The molecule has 1 aliphatic heterocycles. The Labute approximate surface area is 80.6 Å². The molecule has 0 bridgehead atoms. The topological polar surface area (TPSA) is 23.5 Å². The van der Waals surface area contributed by atoms with Crippen LogP contribution in [-0.2, 0) is 0 Å². The molecule has 1 fully saturated rings. The molecule has 1 heterocycles. The molecule has 0 spiro atoms. The predicted octanol–water partition coefficient (Wildman–Crippen LogP) is 1.58. The van der Waals surface area contributed by atoms with E-state index in [1.54, 1.807) is 0 Å². The number of likely N-dealkylation sites (tertiary alicyclic amines) is 1. The van der Waals surface area contributed by atoms with Gasteiger partial charge in [-0.1, -0.05) is 18.7 Å². The van der Waals surface area contributed by atoms with Crippen molar-refractivity contribution >= 4 is 0 Å². The zero-order chi connectivity index (χ0) is 9.90. The van der Waals surface area contributed by atoms with E-state index in [0.717, 1.165) is 31.5 Å². The fraction of sp³-hybridized carbons (Fsp3) is 0.636. The smallest absolute Gasteiger partial charge is 0.0915 e. The predicted molar refractivity (Wildman–Crippen MR) is 55.6 cm³/mol. The molecule has 1 N–H and O–H groups in total. The zero-order valence-electron chi connectivity index (χ0n) is 8.58. The molecule has 0 saturated carbocycles. The van der Waals surface area contributed by atoms with Gasteiger partial charge in [0.25, 0.3) is 0 Å². The molecular formula is C11H19NO. The first-order chi connectivity index (χ1) is 6.08. The molecule has 13 heavy (non-hydrogen) atoms. The molecule has 0 aromatic heterocycles. The second-order valence-electron chi connectivity index (χ2n) is 3.86.